The second-order valence-electron chi connectivity index (χ2n) is 4.11. The monoisotopic (exact) mass is 237 g/mol. The first-order chi connectivity index (χ1) is 8.04. The van der Waals surface area contributed by atoms with E-state index in [0.717, 1.165) is 6.54 Å². The smallest absolute Gasteiger partial charge is 0.255 e. The Hall–Kier alpha value is -1.66. The largest absolute Gasteiger partial charge is 0.340 e. The Balaban J connectivity index is 2.61. The standard InChI is InChI=1S/C11H19N5O/c1-15(2)6-7-16(3)11(17)9-4-5-10(14-12)13-8-9/h4-5,8H,6-7,12H2,1-3H3,(H,13,14). The van der Waals surface area contributed by atoms with Crippen LogP contribution in [0.3, 0.4) is 0 Å². The maximum absolute atomic E-state index is 12.0. The van der Waals surface area contributed by atoms with Gasteiger partial charge in [-0.05, 0) is 26.2 Å². The summed E-state index contributed by atoms with van der Waals surface area (Å²) in [7, 11) is 5.73. The minimum absolute atomic E-state index is 0.0390. The summed E-state index contributed by atoms with van der Waals surface area (Å²) in [4.78, 5) is 19.7. The van der Waals surface area contributed by atoms with Crippen molar-refractivity contribution >= 4 is 11.7 Å². The van der Waals surface area contributed by atoms with E-state index >= 15 is 0 Å². The Morgan fingerprint density at radius 3 is 2.53 bits per heavy atom. The molecule has 6 heteroatoms. The van der Waals surface area contributed by atoms with Crippen LogP contribution in [-0.4, -0.2) is 54.9 Å². The third-order valence-corrected chi connectivity index (χ3v) is 2.39. The Kier molecular flexibility index (Phi) is 4.86. The maximum atomic E-state index is 12.0. The summed E-state index contributed by atoms with van der Waals surface area (Å²) < 4.78 is 0. The molecule has 0 aliphatic carbocycles. The lowest BCUT2D eigenvalue weighted by atomic mass is 10.2. The zero-order valence-electron chi connectivity index (χ0n) is 10.5. The lowest BCUT2D eigenvalue weighted by Gasteiger charge is -2.19. The predicted molar refractivity (Wildman–Crippen MR) is 67.6 cm³/mol. The van der Waals surface area contributed by atoms with Gasteiger partial charge in [0.1, 0.15) is 5.82 Å². The summed E-state index contributed by atoms with van der Waals surface area (Å²) in [5.74, 6) is 5.70. The number of hydrazine groups is 1. The van der Waals surface area contributed by atoms with Crippen molar-refractivity contribution in [1.29, 1.82) is 0 Å². The van der Waals surface area contributed by atoms with Gasteiger partial charge in [-0.3, -0.25) is 4.79 Å². The topological polar surface area (TPSA) is 74.5 Å². The van der Waals surface area contributed by atoms with Crippen LogP contribution in [0.2, 0.25) is 0 Å². The minimum atomic E-state index is -0.0390. The van der Waals surface area contributed by atoms with Crippen molar-refractivity contribution < 1.29 is 4.79 Å². The second-order valence-corrected chi connectivity index (χ2v) is 4.11. The Morgan fingerprint density at radius 1 is 1.35 bits per heavy atom. The summed E-state index contributed by atoms with van der Waals surface area (Å²) in [6, 6.07) is 3.38. The number of rotatable bonds is 5. The molecule has 94 valence electrons. The van der Waals surface area contributed by atoms with Crippen LogP contribution in [0, 0.1) is 0 Å². The van der Waals surface area contributed by atoms with Crippen molar-refractivity contribution in [3.63, 3.8) is 0 Å². The highest BCUT2D eigenvalue weighted by Gasteiger charge is 2.11. The van der Waals surface area contributed by atoms with Crippen LogP contribution >= 0.6 is 0 Å². The number of nitrogens with zero attached hydrogens (tertiary/aromatic N) is 3. The molecular formula is C11H19N5O. The second kappa shape index (κ2) is 6.17. The summed E-state index contributed by atoms with van der Waals surface area (Å²) in [6.07, 6.45) is 1.52. The highest BCUT2D eigenvalue weighted by atomic mass is 16.2. The summed E-state index contributed by atoms with van der Waals surface area (Å²) in [5, 5.41) is 0. The van der Waals surface area contributed by atoms with Crippen molar-refractivity contribution in [2.24, 2.45) is 5.84 Å². The number of anilines is 1. The summed E-state index contributed by atoms with van der Waals surface area (Å²) in [5.41, 5.74) is 2.98. The molecule has 1 heterocycles. The van der Waals surface area contributed by atoms with Crippen LogP contribution in [0.4, 0.5) is 5.82 Å². The number of hydrogen-bond acceptors (Lipinski definition) is 5. The van der Waals surface area contributed by atoms with E-state index in [1.165, 1.54) is 6.20 Å². The van der Waals surface area contributed by atoms with Gasteiger partial charge in [0.05, 0.1) is 5.56 Å². The van der Waals surface area contributed by atoms with Crippen LogP contribution < -0.4 is 11.3 Å². The normalized spacial score (nSPS) is 10.4. The lowest BCUT2D eigenvalue weighted by molar-refractivity contribution is 0.0786. The van der Waals surface area contributed by atoms with Gasteiger partial charge >= 0.3 is 0 Å². The third-order valence-electron chi connectivity index (χ3n) is 2.39. The summed E-state index contributed by atoms with van der Waals surface area (Å²) in [6.45, 7) is 1.51. The van der Waals surface area contributed by atoms with E-state index < -0.39 is 0 Å². The average molecular weight is 237 g/mol. The Bertz CT molecular complexity index is 363. The van der Waals surface area contributed by atoms with Gasteiger partial charge in [-0.1, -0.05) is 0 Å². The van der Waals surface area contributed by atoms with Crippen molar-refractivity contribution in [2.45, 2.75) is 0 Å². The first-order valence-corrected chi connectivity index (χ1v) is 5.37. The fourth-order valence-corrected chi connectivity index (χ4v) is 1.28. The van der Waals surface area contributed by atoms with Gasteiger partial charge in [0.2, 0.25) is 0 Å². The van der Waals surface area contributed by atoms with E-state index in [9.17, 15) is 4.79 Å². The number of hydrogen-bond donors (Lipinski definition) is 2. The number of carbonyl (C=O) groups is 1. The summed E-state index contributed by atoms with van der Waals surface area (Å²) >= 11 is 0. The molecule has 1 aromatic rings. The number of amides is 1. The Morgan fingerprint density at radius 2 is 2.06 bits per heavy atom. The maximum Gasteiger partial charge on any atom is 0.255 e. The van der Waals surface area contributed by atoms with Gasteiger partial charge in [-0.15, -0.1) is 0 Å². The van der Waals surface area contributed by atoms with E-state index in [-0.39, 0.29) is 5.91 Å². The van der Waals surface area contributed by atoms with Gasteiger partial charge in [-0.2, -0.15) is 0 Å². The molecule has 0 saturated heterocycles. The quantitative estimate of drug-likeness (QED) is 0.557. The number of aromatic nitrogens is 1. The van der Waals surface area contributed by atoms with Crippen LogP contribution in [-0.2, 0) is 0 Å². The lowest BCUT2D eigenvalue weighted by Crippen LogP contribution is -2.33. The van der Waals surface area contributed by atoms with Gasteiger partial charge in [0, 0.05) is 26.3 Å². The highest BCUT2D eigenvalue weighted by Crippen LogP contribution is 2.06. The first kappa shape index (κ1) is 13.4. The van der Waals surface area contributed by atoms with E-state index in [2.05, 4.69) is 10.4 Å². The zero-order chi connectivity index (χ0) is 12.8. The molecule has 0 bridgehead atoms. The number of nitrogens with one attached hydrogen (secondary N) is 1. The molecule has 3 N–H and O–H groups in total. The van der Waals surface area contributed by atoms with E-state index in [1.54, 1.807) is 24.1 Å². The van der Waals surface area contributed by atoms with Crippen molar-refractivity contribution in [3.05, 3.63) is 23.9 Å². The van der Waals surface area contributed by atoms with Crippen LogP contribution in [0.1, 0.15) is 10.4 Å². The molecular weight excluding hydrogens is 218 g/mol. The molecule has 0 unspecified atom stereocenters. The number of likely N-dealkylation sites (N-methyl/N-ethyl adjacent to an activating group) is 2. The van der Waals surface area contributed by atoms with Gasteiger partial charge in [0.25, 0.3) is 5.91 Å². The molecule has 1 aromatic heterocycles. The minimum Gasteiger partial charge on any atom is -0.340 e. The van der Waals surface area contributed by atoms with Crippen LogP contribution in [0.5, 0.6) is 0 Å². The average Bonchev–Trinajstić information content (AvgIpc) is 2.35. The van der Waals surface area contributed by atoms with Crippen LogP contribution in [0.25, 0.3) is 0 Å². The molecule has 0 fully saturated rings. The van der Waals surface area contributed by atoms with Crippen molar-refractivity contribution in [1.82, 2.24) is 14.8 Å². The molecule has 0 atom stereocenters. The van der Waals surface area contributed by atoms with Gasteiger partial charge < -0.3 is 15.2 Å². The predicted octanol–water partition coefficient (Wildman–Crippen LogP) is 0.000800. The molecule has 0 saturated carbocycles. The SMILES string of the molecule is CN(C)CCN(C)C(=O)c1ccc(NN)nc1. The zero-order valence-corrected chi connectivity index (χ0v) is 10.5. The van der Waals surface area contributed by atoms with Gasteiger partial charge in [-0.25, -0.2) is 10.8 Å². The molecule has 6 nitrogen and oxygen atoms in total. The molecule has 1 rings (SSSR count). The fourth-order valence-electron chi connectivity index (χ4n) is 1.28. The van der Waals surface area contributed by atoms with E-state index in [1.807, 2.05) is 19.0 Å². The highest BCUT2D eigenvalue weighted by molar-refractivity contribution is 5.93. The first-order valence-electron chi connectivity index (χ1n) is 5.37. The molecule has 0 aliphatic rings. The Labute approximate surface area is 101 Å². The van der Waals surface area contributed by atoms with Crippen molar-refractivity contribution in [2.75, 3.05) is 39.7 Å². The molecule has 1 amide bonds. The molecule has 0 aromatic carbocycles. The fraction of sp³-hybridized carbons (Fsp3) is 0.455. The number of pyridine rings is 1. The van der Waals surface area contributed by atoms with Gasteiger partial charge in [0.15, 0.2) is 0 Å². The molecule has 0 aliphatic heterocycles. The van der Waals surface area contributed by atoms with Crippen LogP contribution in [0.15, 0.2) is 18.3 Å². The van der Waals surface area contributed by atoms with E-state index in [4.69, 9.17) is 5.84 Å². The number of nitrogen functional groups attached to an aromatic ring is 1. The van der Waals surface area contributed by atoms with E-state index in [0.29, 0.717) is 17.9 Å². The van der Waals surface area contributed by atoms with Crippen molar-refractivity contribution in [3.8, 4) is 0 Å². The molecule has 0 radical (unpaired) electrons. The molecule has 17 heavy (non-hydrogen) atoms. The number of nitrogens with two attached hydrogens (primary N) is 1. The molecule has 0 spiro atoms. The number of carbonyl (C=O) groups excluding carboxylic acids is 1. The third kappa shape index (κ3) is 4.01.